The summed E-state index contributed by atoms with van der Waals surface area (Å²) in [7, 11) is 1.69. The lowest BCUT2D eigenvalue weighted by Gasteiger charge is -2.14. The van der Waals surface area contributed by atoms with Crippen LogP contribution >= 0.6 is 0 Å². The standard InChI is InChI=1S/C18H19NO2/c1-13(14-7-5-8-16(10-14)20-2)19-12-17-11-15-6-3-4-9-18(15)21-17/h3-11,13,19H,12H2,1-2H3/t13-/m0/s1. The van der Waals surface area contributed by atoms with Gasteiger partial charge in [-0.25, -0.2) is 0 Å². The van der Waals surface area contributed by atoms with Gasteiger partial charge in [0.2, 0.25) is 0 Å². The summed E-state index contributed by atoms with van der Waals surface area (Å²) in [5.41, 5.74) is 2.13. The van der Waals surface area contributed by atoms with Gasteiger partial charge in [0.25, 0.3) is 0 Å². The van der Waals surface area contributed by atoms with Crippen molar-refractivity contribution < 1.29 is 9.15 Å². The fraction of sp³-hybridized carbons (Fsp3) is 0.222. The summed E-state index contributed by atoms with van der Waals surface area (Å²) in [5.74, 6) is 1.83. The van der Waals surface area contributed by atoms with E-state index in [0.29, 0.717) is 6.54 Å². The zero-order valence-corrected chi connectivity index (χ0v) is 12.3. The highest BCUT2D eigenvalue weighted by Gasteiger charge is 2.08. The molecule has 1 N–H and O–H groups in total. The topological polar surface area (TPSA) is 34.4 Å². The molecule has 0 aliphatic rings. The van der Waals surface area contributed by atoms with Crippen molar-refractivity contribution >= 4 is 11.0 Å². The molecule has 0 aliphatic carbocycles. The molecule has 1 heterocycles. The molecule has 3 aromatic rings. The quantitative estimate of drug-likeness (QED) is 0.757. The van der Waals surface area contributed by atoms with Crippen LogP contribution in [-0.4, -0.2) is 7.11 Å². The van der Waals surface area contributed by atoms with E-state index >= 15 is 0 Å². The van der Waals surface area contributed by atoms with Crippen molar-refractivity contribution in [2.24, 2.45) is 0 Å². The van der Waals surface area contributed by atoms with Crippen LogP contribution in [0.15, 0.2) is 59.0 Å². The van der Waals surface area contributed by atoms with Crippen LogP contribution in [0.1, 0.15) is 24.3 Å². The Balaban J connectivity index is 1.68. The number of nitrogens with one attached hydrogen (secondary N) is 1. The molecule has 1 aromatic heterocycles. The van der Waals surface area contributed by atoms with E-state index in [-0.39, 0.29) is 6.04 Å². The van der Waals surface area contributed by atoms with Crippen molar-refractivity contribution in [3.8, 4) is 5.75 Å². The Labute approximate surface area is 124 Å². The third kappa shape index (κ3) is 3.09. The van der Waals surface area contributed by atoms with Crippen LogP contribution < -0.4 is 10.1 Å². The third-order valence-electron chi connectivity index (χ3n) is 3.65. The molecular formula is C18H19NO2. The van der Waals surface area contributed by atoms with E-state index in [1.165, 1.54) is 5.56 Å². The van der Waals surface area contributed by atoms with Gasteiger partial charge in [-0.3, -0.25) is 0 Å². The average Bonchev–Trinajstić information content (AvgIpc) is 2.95. The fourth-order valence-electron chi connectivity index (χ4n) is 2.41. The zero-order chi connectivity index (χ0) is 14.7. The monoisotopic (exact) mass is 281 g/mol. The van der Waals surface area contributed by atoms with Crippen LogP contribution in [0.5, 0.6) is 5.75 Å². The zero-order valence-electron chi connectivity index (χ0n) is 12.3. The molecule has 0 fully saturated rings. The third-order valence-corrected chi connectivity index (χ3v) is 3.65. The lowest BCUT2D eigenvalue weighted by molar-refractivity contribution is 0.413. The van der Waals surface area contributed by atoms with Gasteiger partial charge in [-0.05, 0) is 36.8 Å². The maximum absolute atomic E-state index is 5.81. The minimum atomic E-state index is 0.230. The van der Waals surface area contributed by atoms with Gasteiger partial charge >= 0.3 is 0 Å². The Kier molecular flexibility index (Phi) is 3.93. The molecule has 3 rings (SSSR count). The number of para-hydroxylation sites is 1. The summed E-state index contributed by atoms with van der Waals surface area (Å²) in [6.07, 6.45) is 0. The minimum absolute atomic E-state index is 0.230. The van der Waals surface area contributed by atoms with E-state index in [0.717, 1.165) is 22.5 Å². The number of rotatable bonds is 5. The molecule has 0 saturated heterocycles. The van der Waals surface area contributed by atoms with Crippen LogP contribution in [0, 0.1) is 0 Å². The second-order valence-corrected chi connectivity index (χ2v) is 5.13. The first-order chi connectivity index (χ1) is 10.3. The van der Waals surface area contributed by atoms with Crippen LogP contribution in [0.2, 0.25) is 0 Å². The van der Waals surface area contributed by atoms with Gasteiger partial charge in [0.05, 0.1) is 13.7 Å². The van der Waals surface area contributed by atoms with Crippen LogP contribution in [-0.2, 0) is 6.54 Å². The summed E-state index contributed by atoms with van der Waals surface area (Å²) in [6.45, 7) is 2.84. The second-order valence-electron chi connectivity index (χ2n) is 5.13. The first-order valence-electron chi connectivity index (χ1n) is 7.11. The molecule has 3 heteroatoms. The van der Waals surface area contributed by atoms with Gasteiger partial charge in [0, 0.05) is 11.4 Å². The van der Waals surface area contributed by atoms with Crippen molar-refractivity contribution in [2.45, 2.75) is 19.5 Å². The molecule has 0 amide bonds. The van der Waals surface area contributed by atoms with E-state index in [1.54, 1.807) is 7.11 Å². The van der Waals surface area contributed by atoms with Gasteiger partial charge < -0.3 is 14.5 Å². The average molecular weight is 281 g/mol. The fourth-order valence-corrected chi connectivity index (χ4v) is 2.41. The number of hydrogen-bond donors (Lipinski definition) is 1. The first-order valence-corrected chi connectivity index (χ1v) is 7.11. The maximum atomic E-state index is 5.81. The summed E-state index contributed by atoms with van der Waals surface area (Å²) < 4.78 is 11.1. The van der Waals surface area contributed by atoms with Crippen molar-refractivity contribution in [2.75, 3.05) is 7.11 Å². The van der Waals surface area contributed by atoms with E-state index < -0.39 is 0 Å². The predicted molar refractivity (Wildman–Crippen MR) is 84.5 cm³/mol. The highest BCUT2D eigenvalue weighted by atomic mass is 16.5. The molecule has 0 spiro atoms. The van der Waals surface area contributed by atoms with E-state index in [9.17, 15) is 0 Å². The van der Waals surface area contributed by atoms with E-state index in [4.69, 9.17) is 9.15 Å². The molecule has 1 atom stereocenters. The Morgan fingerprint density at radius 1 is 1.10 bits per heavy atom. The molecule has 0 bridgehead atoms. The molecule has 3 nitrogen and oxygen atoms in total. The van der Waals surface area contributed by atoms with Crippen molar-refractivity contribution in [1.82, 2.24) is 5.32 Å². The molecule has 0 saturated carbocycles. The van der Waals surface area contributed by atoms with Gasteiger partial charge in [-0.15, -0.1) is 0 Å². The number of methoxy groups -OCH3 is 1. The predicted octanol–water partition coefficient (Wildman–Crippen LogP) is 4.29. The molecule has 0 unspecified atom stereocenters. The normalized spacial score (nSPS) is 12.5. The van der Waals surface area contributed by atoms with Gasteiger partial charge in [-0.1, -0.05) is 30.3 Å². The molecule has 108 valence electrons. The minimum Gasteiger partial charge on any atom is -0.497 e. The lowest BCUT2D eigenvalue weighted by atomic mass is 10.1. The summed E-state index contributed by atoms with van der Waals surface area (Å²) in [4.78, 5) is 0. The summed E-state index contributed by atoms with van der Waals surface area (Å²) in [5, 5.41) is 4.62. The number of fused-ring (bicyclic) bond motifs is 1. The summed E-state index contributed by atoms with van der Waals surface area (Å²) in [6, 6.07) is 18.5. The van der Waals surface area contributed by atoms with Crippen molar-refractivity contribution in [1.29, 1.82) is 0 Å². The van der Waals surface area contributed by atoms with Gasteiger partial charge in [0.1, 0.15) is 17.1 Å². The number of hydrogen-bond acceptors (Lipinski definition) is 3. The van der Waals surface area contributed by atoms with Crippen molar-refractivity contribution in [3.05, 3.63) is 65.9 Å². The molecule has 0 aliphatic heterocycles. The Bertz CT molecular complexity index is 700. The largest absolute Gasteiger partial charge is 0.497 e. The number of furan rings is 1. The van der Waals surface area contributed by atoms with E-state index in [2.05, 4.69) is 36.5 Å². The van der Waals surface area contributed by atoms with Gasteiger partial charge in [-0.2, -0.15) is 0 Å². The number of ether oxygens (including phenoxy) is 1. The molecule has 0 radical (unpaired) electrons. The molecule has 21 heavy (non-hydrogen) atoms. The van der Waals surface area contributed by atoms with Gasteiger partial charge in [0.15, 0.2) is 0 Å². The smallest absolute Gasteiger partial charge is 0.134 e. The maximum Gasteiger partial charge on any atom is 0.134 e. The first kappa shape index (κ1) is 13.7. The SMILES string of the molecule is COc1cccc([C@H](C)NCc2cc3ccccc3o2)c1. The second kappa shape index (κ2) is 6.02. The Hall–Kier alpha value is -2.26. The number of benzene rings is 2. The van der Waals surface area contributed by atoms with Crippen molar-refractivity contribution in [3.63, 3.8) is 0 Å². The molecular weight excluding hydrogens is 262 g/mol. The Morgan fingerprint density at radius 2 is 1.95 bits per heavy atom. The van der Waals surface area contributed by atoms with Crippen LogP contribution in [0.25, 0.3) is 11.0 Å². The van der Waals surface area contributed by atoms with Crippen LogP contribution in [0.3, 0.4) is 0 Å². The molecule has 2 aromatic carbocycles. The Morgan fingerprint density at radius 3 is 2.76 bits per heavy atom. The lowest BCUT2D eigenvalue weighted by Crippen LogP contribution is -2.17. The van der Waals surface area contributed by atoms with E-state index in [1.807, 2.05) is 30.3 Å². The summed E-state index contributed by atoms with van der Waals surface area (Å²) >= 11 is 0. The highest BCUT2D eigenvalue weighted by Crippen LogP contribution is 2.21. The highest BCUT2D eigenvalue weighted by molar-refractivity contribution is 5.77. The van der Waals surface area contributed by atoms with Crippen LogP contribution in [0.4, 0.5) is 0 Å².